The van der Waals surface area contributed by atoms with E-state index in [1.54, 1.807) is 0 Å². The first-order chi connectivity index (χ1) is 42.2. The molecule has 400 valence electrons. The molecule has 17 rings (SSSR count). The molecular formula is C76H50N8O. The first-order valence-corrected chi connectivity index (χ1v) is 28.8. The molecule has 12 aromatic carbocycles. The van der Waals surface area contributed by atoms with Gasteiger partial charge in [0.2, 0.25) is 0 Å². The number of amidine groups is 1. The maximum atomic E-state index is 7.27. The molecule has 4 aromatic heterocycles. The summed E-state index contributed by atoms with van der Waals surface area (Å²) in [6.07, 6.45) is -0.724. The van der Waals surface area contributed by atoms with Crippen LogP contribution >= 0.6 is 0 Å². The number of hydrogen-bond acceptors (Lipinski definition) is 7. The minimum atomic E-state index is -0.427. The molecule has 2 atom stereocenters. The van der Waals surface area contributed by atoms with E-state index in [4.69, 9.17) is 24.4 Å². The van der Waals surface area contributed by atoms with Gasteiger partial charge in [0.1, 0.15) is 29.3 Å². The molecule has 0 aliphatic carbocycles. The second-order valence-electron chi connectivity index (χ2n) is 21.7. The van der Waals surface area contributed by atoms with Crippen molar-refractivity contribution in [2.45, 2.75) is 12.3 Å². The summed E-state index contributed by atoms with van der Waals surface area (Å²) in [5.41, 5.74) is 15.5. The van der Waals surface area contributed by atoms with Crippen LogP contribution in [-0.2, 0) is 0 Å². The highest BCUT2D eigenvalue weighted by Gasteiger charge is 2.32. The Labute approximate surface area is 488 Å². The number of nitrogens with one attached hydrogen (secondary N) is 2. The third kappa shape index (κ3) is 7.97. The quantitative estimate of drug-likeness (QED) is 0.149. The molecule has 85 heavy (non-hydrogen) atoms. The molecule has 9 heteroatoms. The molecule has 1 aliphatic heterocycles. The Bertz CT molecular complexity index is 5260. The van der Waals surface area contributed by atoms with E-state index >= 15 is 0 Å². The van der Waals surface area contributed by atoms with Gasteiger partial charge in [0.05, 0.1) is 38.5 Å². The predicted molar refractivity (Wildman–Crippen MR) is 346 cm³/mol. The lowest BCUT2D eigenvalue weighted by Gasteiger charge is -2.33. The molecule has 0 saturated carbocycles. The molecule has 2 N–H and O–H groups in total. The van der Waals surface area contributed by atoms with Gasteiger partial charge in [0, 0.05) is 49.5 Å². The van der Waals surface area contributed by atoms with Crippen molar-refractivity contribution in [1.82, 2.24) is 34.7 Å². The van der Waals surface area contributed by atoms with Gasteiger partial charge in [-0.25, -0.2) is 19.9 Å². The van der Waals surface area contributed by atoms with Crippen LogP contribution in [0.3, 0.4) is 0 Å². The number of benzene rings is 12. The summed E-state index contributed by atoms with van der Waals surface area (Å²) in [5.74, 6) is 2.36. The number of hydrogen-bond donors (Lipinski definition) is 2. The van der Waals surface area contributed by atoms with Crippen LogP contribution < -0.4 is 10.6 Å². The number of rotatable bonds is 9. The summed E-state index contributed by atoms with van der Waals surface area (Å²) in [4.78, 5) is 21.9. The minimum absolute atomic E-state index is 0.297. The maximum absolute atomic E-state index is 7.27. The van der Waals surface area contributed by atoms with Crippen LogP contribution in [0.15, 0.2) is 288 Å². The fourth-order valence-corrected chi connectivity index (χ4v) is 13.0. The number of para-hydroxylation sites is 3. The molecule has 0 bridgehead atoms. The van der Waals surface area contributed by atoms with Crippen LogP contribution in [0.2, 0.25) is 0 Å². The van der Waals surface area contributed by atoms with E-state index < -0.39 is 6.17 Å². The van der Waals surface area contributed by atoms with Crippen LogP contribution in [0, 0.1) is 0 Å². The zero-order valence-electron chi connectivity index (χ0n) is 45.8. The molecule has 0 fully saturated rings. The van der Waals surface area contributed by atoms with Gasteiger partial charge in [-0.15, -0.1) is 0 Å². The summed E-state index contributed by atoms with van der Waals surface area (Å²) >= 11 is 0. The van der Waals surface area contributed by atoms with E-state index in [0.29, 0.717) is 17.5 Å². The van der Waals surface area contributed by atoms with E-state index in [1.165, 1.54) is 5.39 Å². The Morgan fingerprint density at radius 3 is 1.67 bits per heavy atom. The number of fused-ring (bicyclic) bond motifs is 13. The summed E-state index contributed by atoms with van der Waals surface area (Å²) in [6, 6.07) is 98.1. The largest absolute Gasteiger partial charge is 0.455 e. The zero-order chi connectivity index (χ0) is 56.0. The smallest absolute Gasteiger partial charge is 0.166 e. The number of aliphatic imine (C=N–C) groups is 1. The normalized spacial score (nSPS) is 14.5. The van der Waals surface area contributed by atoms with Crippen molar-refractivity contribution in [3.8, 4) is 56.7 Å². The van der Waals surface area contributed by atoms with E-state index in [-0.39, 0.29) is 6.17 Å². The van der Waals surface area contributed by atoms with Crippen molar-refractivity contribution in [3.63, 3.8) is 0 Å². The maximum Gasteiger partial charge on any atom is 0.166 e. The molecule has 1 aliphatic rings. The predicted octanol–water partition coefficient (Wildman–Crippen LogP) is 18.1. The van der Waals surface area contributed by atoms with Gasteiger partial charge in [0.25, 0.3) is 0 Å². The van der Waals surface area contributed by atoms with Crippen LogP contribution in [0.5, 0.6) is 0 Å². The summed E-state index contributed by atoms with van der Waals surface area (Å²) in [5, 5.41) is 16.5. The highest BCUT2D eigenvalue weighted by molar-refractivity contribution is 6.39. The third-order valence-corrected chi connectivity index (χ3v) is 16.8. The second kappa shape index (κ2) is 19.7. The fraction of sp³-hybridized carbons (Fsp3) is 0.0263. The number of furan rings is 1. The lowest BCUT2D eigenvalue weighted by Crippen LogP contribution is -2.45. The van der Waals surface area contributed by atoms with Gasteiger partial charge < -0.3 is 18.9 Å². The Kier molecular flexibility index (Phi) is 11.2. The van der Waals surface area contributed by atoms with Crippen LogP contribution in [-0.4, -0.2) is 29.9 Å². The first-order valence-electron chi connectivity index (χ1n) is 28.8. The van der Waals surface area contributed by atoms with Gasteiger partial charge >= 0.3 is 0 Å². The van der Waals surface area contributed by atoms with Crippen molar-refractivity contribution in [3.05, 3.63) is 296 Å². The van der Waals surface area contributed by atoms with Gasteiger partial charge in [-0.2, -0.15) is 0 Å². The molecule has 0 amide bonds. The Morgan fingerprint density at radius 2 is 0.941 bits per heavy atom. The highest BCUT2D eigenvalue weighted by atomic mass is 16.3. The molecule has 0 spiro atoms. The van der Waals surface area contributed by atoms with Crippen molar-refractivity contribution in [2.24, 2.45) is 4.99 Å². The Balaban J connectivity index is 0.996. The summed E-state index contributed by atoms with van der Waals surface area (Å²) < 4.78 is 12.2. The van der Waals surface area contributed by atoms with Crippen LogP contribution in [0.25, 0.3) is 133 Å². The average Bonchev–Trinajstić information content (AvgIpc) is 1.65. The van der Waals surface area contributed by atoms with Crippen molar-refractivity contribution < 1.29 is 4.42 Å². The zero-order valence-corrected chi connectivity index (χ0v) is 45.8. The topological polar surface area (TPSA) is 98.1 Å². The molecule has 9 nitrogen and oxygen atoms in total. The summed E-state index contributed by atoms with van der Waals surface area (Å²) in [7, 11) is 0. The standard InChI is InChI=1S/C76H50N8O/c1-5-24-48(25-6-1)55-33-15-16-34-56(55)75-79-73(51-30-11-4-12-31-51)78-74(82-75)53-42-44-63(60(46-53)76-80-71(49-26-7-2-8-27-49)77-72(81-76)50-28-9-3-10-29-50)84-62-39-21-18-36-58(62)66-69(84)65-57-35-17-20-38-61(57)83(54-43-41-47-23-13-14-32-52(47)45-54)68(65)67-59-37-19-22-40-64(59)85-70(66)67/h1-46,73,75,79H,(H,78,82). The van der Waals surface area contributed by atoms with Gasteiger partial charge in [-0.1, -0.05) is 231 Å². The molecule has 5 heterocycles. The monoisotopic (exact) mass is 1090 g/mol. The highest BCUT2D eigenvalue weighted by Crippen LogP contribution is 2.50. The minimum Gasteiger partial charge on any atom is -0.455 e. The van der Waals surface area contributed by atoms with E-state index in [0.717, 1.165) is 133 Å². The molecule has 0 radical (unpaired) electrons. The number of aromatic nitrogens is 5. The third-order valence-electron chi connectivity index (χ3n) is 16.8. The first kappa shape index (κ1) is 48.4. The molecular weight excluding hydrogens is 1040 g/mol. The Morgan fingerprint density at radius 1 is 0.388 bits per heavy atom. The lowest BCUT2D eigenvalue weighted by atomic mass is 9.97. The van der Waals surface area contributed by atoms with Crippen molar-refractivity contribution in [2.75, 3.05) is 0 Å². The average molecular weight is 1090 g/mol. The van der Waals surface area contributed by atoms with E-state index in [2.05, 4.69) is 262 Å². The van der Waals surface area contributed by atoms with Crippen LogP contribution in [0.1, 0.15) is 29.0 Å². The second-order valence-corrected chi connectivity index (χ2v) is 21.7. The SMILES string of the molecule is c1ccc(-c2nc(-c3ccccc3)nc(-c3cc(C4=NC(c5ccccc5-c5ccccc5)NC(c5ccccc5)N4)ccc3-n3c4ccccc4c4c5oc6ccccc6c5c5c(c6ccccc6n5-c5ccc6ccccc6c5)c43)n2)cc1. The lowest BCUT2D eigenvalue weighted by molar-refractivity contribution is 0.409. The fourth-order valence-electron chi connectivity index (χ4n) is 13.0. The molecule has 0 saturated heterocycles. The van der Waals surface area contributed by atoms with Crippen LogP contribution in [0.4, 0.5) is 0 Å². The van der Waals surface area contributed by atoms with Crippen molar-refractivity contribution in [1.29, 1.82) is 0 Å². The molecule has 16 aromatic rings. The van der Waals surface area contributed by atoms with Crippen molar-refractivity contribution >= 4 is 82.2 Å². The van der Waals surface area contributed by atoms with Gasteiger partial charge in [-0.05, 0) is 81.6 Å². The molecule has 2 unspecified atom stereocenters. The summed E-state index contributed by atoms with van der Waals surface area (Å²) in [6.45, 7) is 0. The van der Waals surface area contributed by atoms with Gasteiger partial charge in [0.15, 0.2) is 17.5 Å². The Hall–Kier alpha value is -11.3. The van der Waals surface area contributed by atoms with Gasteiger partial charge in [-0.3, -0.25) is 5.32 Å². The van der Waals surface area contributed by atoms with E-state index in [1.807, 2.05) is 36.4 Å². The van der Waals surface area contributed by atoms with E-state index in [9.17, 15) is 0 Å². The number of nitrogens with zero attached hydrogens (tertiary/aromatic N) is 6.